The molecule has 1 heterocycles. The number of nitrogens with zero attached hydrogens (tertiary/aromatic N) is 1. The Hall–Kier alpha value is -1.44. The average Bonchev–Trinajstić information content (AvgIpc) is 2.44. The molecule has 7 heteroatoms. The molecule has 0 atom stereocenters. The molecule has 0 aliphatic carbocycles. The molecule has 1 amide bonds. The fourth-order valence-corrected chi connectivity index (χ4v) is 3.23. The minimum Gasteiger partial charge on any atom is -0.326 e. The van der Waals surface area contributed by atoms with E-state index in [-0.39, 0.29) is 5.91 Å². The number of carbonyl (C=O) groups excluding carboxylic acids is 1. The number of carbonyl (C=O) groups is 1. The molecular formula is C14H21N3O3S. The van der Waals surface area contributed by atoms with E-state index in [0.29, 0.717) is 32.5 Å². The number of amides is 1. The van der Waals surface area contributed by atoms with Crippen LogP contribution in [-0.2, 0) is 27.8 Å². The lowest BCUT2D eigenvalue weighted by Gasteiger charge is -2.28. The minimum absolute atomic E-state index is 0.0386. The predicted molar refractivity (Wildman–Crippen MR) is 82.6 cm³/mol. The molecule has 1 aromatic rings. The zero-order valence-corrected chi connectivity index (χ0v) is 13.2. The fraction of sp³-hybridized carbons (Fsp3) is 0.500. The summed E-state index contributed by atoms with van der Waals surface area (Å²) in [5.41, 5.74) is 2.79. The first-order chi connectivity index (χ1) is 9.91. The van der Waals surface area contributed by atoms with Gasteiger partial charge in [-0.05, 0) is 30.7 Å². The highest BCUT2D eigenvalue weighted by Crippen LogP contribution is 2.27. The number of benzene rings is 1. The van der Waals surface area contributed by atoms with Crippen LogP contribution in [0, 0.1) is 0 Å². The summed E-state index contributed by atoms with van der Waals surface area (Å²) in [5.74, 6) is -0.0386. The summed E-state index contributed by atoms with van der Waals surface area (Å²) in [6, 6.07) is 5.63. The van der Waals surface area contributed by atoms with Gasteiger partial charge >= 0.3 is 0 Å². The van der Waals surface area contributed by atoms with Crippen molar-refractivity contribution in [3.05, 3.63) is 29.3 Å². The Kier molecular flexibility index (Phi) is 4.97. The highest BCUT2D eigenvalue weighted by Gasteiger charge is 2.24. The van der Waals surface area contributed by atoms with Crippen LogP contribution in [0.25, 0.3) is 0 Å². The molecule has 1 aliphatic rings. The summed E-state index contributed by atoms with van der Waals surface area (Å²) in [4.78, 5) is 11.8. The SMILES string of the molecule is CNCCC(=O)Nc1cccc2c1CCN(S(C)(=O)=O)C2. The summed E-state index contributed by atoms with van der Waals surface area (Å²) in [7, 11) is -1.38. The number of hydrogen-bond donors (Lipinski definition) is 2. The predicted octanol–water partition coefficient (Wildman–Crippen LogP) is 0.552. The summed E-state index contributed by atoms with van der Waals surface area (Å²) in [6.07, 6.45) is 2.25. The topological polar surface area (TPSA) is 78.5 Å². The van der Waals surface area contributed by atoms with Crippen molar-refractivity contribution in [2.24, 2.45) is 0 Å². The van der Waals surface area contributed by atoms with Crippen molar-refractivity contribution >= 4 is 21.6 Å². The van der Waals surface area contributed by atoms with Gasteiger partial charge in [-0.3, -0.25) is 4.79 Å². The molecule has 21 heavy (non-hydrogen) atoms. The zero-order valence-electron chi connectivity index (χ0n) is 12.3. The second kappa shape index (κ2) is 6.55. The van der Waals surface area contributed by atoms with Crippen LogP contribution in [0.1, 0.15) is 17.5 Å². The van der Waals surface area contributed by atoms with Crippen molar-refractivity contribution in [3.8, 4) is 0 Å². The van der Waals surface area contributed by atoms with Gasteiger partial charge in [-0.1, -0.05) is 12.1 Å². The quantitative estimate of drug-likeness (QED) is 0.832. The molecule has 2 N–H and O–H groups in total. The van der Waals surface area contributed by atoms with Gasteiger partial charge in [-0.25, -0.2) is 8.42 Å². The van der Waals surface area contributed by atoms with Gasteiger partial charge < -0.3 is 10.6 Å². The van der Waals surface area contributed by atoms with Gasteiger partial charge in [-0.2, -0.15) is 4.31 Å². The number of fused-ring (bicyclic) bond motifs is 1. The maximum Gasteiger partial charge on any atom is 0.225 e. The van der Waals surface area contributed by atoms with Gasteiger partial charge in [0, 0.05) is 31.7 Å². The van der Waals surface area contributed by atoms with Crippen LogP contribution in [0.5, 0.6) is 0 Å². The highest BCUT2D eigenvalue weighted by molar-refractivity contribution is 7.88. The molecule has 1 aromatic carbocycles. The van der Waals surface area contributed by atoms with Crippen molar-refractivity contribution in [1.29, 1.82) is 0 Å². The Bertz CT molecular complexity index is 628. The van der Waals surface area contributed by atoms with E-state index >= 15 is 0 Å². The number of sulfonamides is 1. The molecule has 0 fully saturated rings. The van der Waals surface area contributed by atoms with E-state index in [0.717, 1.165) is 16.8 Å². The second-order valence-corrected chi connectivity index (χ2v) is 7.17. The molecule has 1 aliphatic heterocycles. The molecule has 0 radical (unpaired) electrons. The number of nitrogens with one attached hydrogen (secondary N) is 2. The minimum atomic E-state index is -3.18. The van der Waals surface area contributed by atoms with Crippen molar-refractivity contribution in [2.45, 2.75) is 19.4 Å². The van der Waals surface area contributed by atoms with E-state index in [1.54, 1.807) is 7.05 Å². The van der Waals surface area contributed by atoms with Crippen LogP contribution < -0.4 is 10.6 Å². The fourth-order valence-electron chi connectivity index (χ4n) is 2.43. The standard InChI is InChI=1S/C14H21N3O3S/c1-15-8-6-14(18)16-13-5-3-4-11-10-17(21(2,19)20)9-7-12(11)13/h3-5,15H,6-10H2,1-2H3,(H,16,18). The first-order valence-electron chi connectivity index (χ1n) is 6.92. The molecular weight excluding hydrogens is 290 g/mol. The van der Waals surface area contributed by atoms with Crippen LogP contribution in [0.3, 0.4) is 0 Å². The molecule has 0 bridgehead atoms. The first kappa shape index (κ1) is 15.9. The molecule has 0 unspecified atom stereocenters. The molecule has 0 spiro atoms. The Labute approximate surface area is 125 Å². The normalized spacial score (nSPS) is 15.5. The Balaban J connectivity index is 2.15. The van der Waals surface area contributed by atoms with E-state index in [1.165, 1.54) is 10.6 Å². The monoisotopic (exact) mass is 311 g/mol. The van der Waals surface area contributed by atoms with Gasteiger partial charge in [0.2, 0.25) is 15.9 Å². The van der Waals surface area contributed by atoms with Crippen LogP contribution in [0.15, 0.2) is 18.2 Å². The molecule has 6 nitrogen and oxygen atoms in total. The number of rotatable bonds is 5. The highest BCUT2D eigenvalue weighted by atomic mass is 32.2. The lowest BCUT2D eigenvalue weighted by molar-refractivity contribution is -0.116. The lowest BCUT2D eigenvalue weighted by atomic mass is 9.99. The molecule has 2 rings (SSSR count). The third-order valence-corrected chi connectivity index (χ3v) is 4.83. The first-order valence-corrected chi connectivity index (χ1v) is 8.77. The molecule has 0 aromatic heterocycles. The summed E-state index contributed by atoms with van der Waals surface area (Å²) >= 11 is 0. The van der Waals surface area contributed by atoms with Crippen molar-refractivity contribution in [3.63, 3.8) is 0 Å². The summed E-state index contributed by atoms with van der Waals surface area (Å²) < 4.78 is 24.7. The average molecular weight is 311 g/mol. The number of anilines is 1. The Morgan fingerprint density at radius 3 is 2.81 bits per heavy atom. The third-order valence-electron chi connectivity index (χ3n) is 3.58. The van der Waals surface area contributed by atoms with E-state index in [4.69, 9.17) is 0 Å². The van der Waals surface area contributed by atoms with Crippen LogP contribution >= 0.6 is 0 Å². The van der Waals surface area contributed by atoms with E-state index in [2.05, 4.69) is 10.6 Å². The van der Waals surface area contributed by atoms with Gasteiger partial charge in [0.25, 0.3) is 0 Å². The number of hydrogen-bond acceptors (Lipinski definition) is 4. The van der Waals surface area contributed by atoms with Crippen LogP contribution in [0.2, 0.25) is 0 Å². The van der Waals surface area contributed by atoms with Crippen LogP contribution in [0.4, 0.5) is 5.69 Å². The van der Waals surface area contributed by atoms with Crippen molar-refractivity contribution < 1.29 is 13.2 Å². The van der Waals surface area contributed by atoms with Gasteiger partial charge in [0.05, 0.1) is 6.26 Å². The molecule has 116 valence electrons. The van der Waals surface area contributed by atoms with Gasteiger partial charge in [-0.15, -0.1) is 0 Å². The largest absolute Gasteiger partial charge is 0.326 e. The van der Waals surface area contributed by atoms with Gasteiger partial charge in [0.15, 0.2) is 0 Å². The summed E-state index contributed by atoms with van der Waals surface area (Å²) in [5, 5.41) is 5.85. The van der Waals surface area contributed by atoms with Crippen LogP contribution in [-0.4, -0.2) is 45.0 Å². The summed E-state index contributed by atoms with van der Waals surface area (Å²) in [6.45, 7) is 1.45. The zero-order chi connectivity index (χ0) is 15.5. The second-order valence-electron chi connectivity index (χ2n) is 5.19. The van der Waals surface area contributed by atoms with Crippen molar-refractivity contribution in [1.82, 2.24) is 9.62 Å². The van der Waals surface area contributed by atoms with E-state index in [1.807, 2.05) is 18.2 Å². The van der Waals surface area contributed by atoms with Gasteiger partial charge in [0.1, 0.15) is 0 Å². The lowest BCUT2D eigenvalue weighted by Crippen LogP contribution is -2.35. The van der Waals surface area contributed by atoms with E-state index < -0.39 is 10.0 Å². The van der Waals surface area contributed by atoms with E-state index in [9.17, 15) is 13.2 Å². The maximum atomic E-state index is 11.8. The molecule has 0 saturated heterocycles. The molecule has 0 saturated carbocycles. The Morgan fingerprint density at radius 2 is 2.14 bits per heavy atom. The third kappa shape index (κ3) is 4.03. The van der Waals surface area contributed by atoms with Crippen molar-refractivity contribution in [2.75, 3.05) is 31.7 Å². The Morgan fingerprint density at radius 1 is 1.38 bits per heavy atom. The maximum absolute atomic E-state index is 11.8. The smallest absolute Gasteiger partial charge is 0.225 e.